The third-order valence-corrected chi connectivity index (χ3v) is 3.68. The molecule has 0 heterocycles. The molecule has 6 nitrogen and oxygen atoms in total. The first-order valence-electron chi connectivity index (χ1n) is 7.66. The number of carboxylic acids is 1. The Kier molecular flexibility index (Phi) is 6.54. The molecule has 0 unspecified atom stereocenters. The average Bonchev–Trinajstić information content (AvgIpc) is 2.56. The lowest BCUT2D eigenvalue weighted by molar-refractivity contribution is -0.255. The Balaban J connectivity index is 2.07. The zero-order chi connectivity index (χ0) is 19.3. The monoisotopic (exact) mass is 391 g/mol. The Hall–Kier alpha value is -2.64. The van der Waals surface area contributed by atoms with Gasteiger partial charge in [0.2, 0.25) is 0 Å². The number of carboxylic acid groups (broad SMARTS) is 1. The molecule has 1 amide bonds. The molecule has 8 heteroatoms. The number of nitrogens with one attached hydrogen (secondary N) is 2. The van der Waals surface area contributed by atoms with E-state index in [-0.39, 0.29) is 27.5 Å². The van der Waals surface area contributed by atoms with Gasteiger partial charge in [0, 0.05) is 5.56 Å². The van der Waals surface area contributed by atoms with Gasteiger partial charge in [-0.1, -0.05) is 23.7 Å². The Morgan fingerprint density at radius 1 is 1.15 bits per heavy atom. The number of carbonyl (C=O) groups is 2. The second-order valence-corrected chi connectivity index (χ2v) is 6.40. The van der Waals surface area contributed by atoms with Gasteiger partial charge < -0.3 is 20.0 Å². The molecule has 0 atom stereocenters. The summed E-state index contributed by atoms with van der Waals surface area (Å²) in [5.74, 6) is -1.22. The number of carbonyl (C=O) groups excluding carboxylic acids is 2. The molecule has 0 radical (unpaired) electrons. The van der Waals surface area contributed by atoms with Crippen LogP contribution in [0.5, 0.6) is 5.75 Å². The van der Waals surface area contributed by atoms with Gasteiger partial charge in [-0.25, -0.2) is 0 Å². The van der Waals surface area contributed by atoms with E-state index in [1.165, 1.54) is 18.2 Å². The summed E-state index contributed by atoms with van der Waals surface area (Å²) in [6.45, 7) is 3.77. The molecule has 0 fully saturated rings. The molecule has 0 aliphatic heterocycles. The predicted octanol–water partition coefficient (Wildman–Crippen LogP) is 2.62. The molecular formula is C18H16ClN2O4S-. The third-order valence-electron chi connectivity index (χ3n) is 3.15. The highest BCUT2D eigenvalue weighted by Crippen LogP contribution is 2.23. The fraction of sp³-hybridized carbons (Fsp3) is 0.167. The first-order chi connectivity index (χ1) is 12.3. The summed E-state index contributed by atoms with van der Waals surface area (Å²) in [5.41, 5.74) is 0.544. The first-order valence-corrected chi connectivity index (χ1v) is 8.45. The van der Waals surface area contributed by atoms with Crippen molar-refractivity contribution in [2.45, 2.75) is 20.0 Å². The van der Waals surface area contributed by atoms with E-state index in [0.717, 1.165) is 0 Å². The maximum atomic E-state index is 12.3. The number of halogens is 1. The van der Waals surface area contributed by atoms with E-state index in [1.807, 2.05) is 13.8 Å². The average molecular weight is 392 g/mol. The van der Waals surface area contributed by atoms with Crippen LogP contribution in [-0.4, -0.2) is 23.1 Å². The number of rotatable bonds is 5. The molecule has 26 heavy (non-hydrogen) atoms. The second-order valence-electron chi connectivity index (χ2n) is 5.58. The normalized spacial score (nSPS) is 10.3. The maximum Gasteiger partial charge on any atom is 0.257 e. The summed E-state index contributed by atoms with van der Waals surface area (Å²) in [6, 6.07) is 10.6. The molecule has 0 saturated carbocycles. The van der Waals surface area contributed by atoms with Crippen LogP contribution in [0.2, 0.25) is 5.02 Å². The summed E-state index contributed by atoms with van der Waals surface area (Å²) in [6.07, 6.45) is -0.0193. The molecule has 0 aliphatic rings. The van der Waals surface area contributed by atoms with Crippen molar-refractivity contribution < 1.29 is 19.4 Å². The van der Waals surface area contributed by atoms with Crippen molar-refractivity contribution in [1.29, 1.82) is 0 Å². The molecule has 0 aliphatic carbocycles. The lowest BCUT2D eigenvalue weighted by Gasteiger charge is -2.13. The van der Waals surface area contributed by atoms with Crippen molar-refractivity contribution >= 4 is 46.5 Å². The number of ether oxygens (including phenoxy) is 1. The van der Waals surface area contributed by atoms with Gasteiger partial charge in [-0.3, -0.25) is 10.1 Å². The number of anilines is 1. The smallest absolute Gasteiger partial charge is 0.257 e. The maximum absolute atomic E-state index is 12.3. The summed E-state index contributed by atoms with van der Waals surface area (Å²) < 4.78 is 5.55. The van der Waals surface area contributed by atoms with Gasteiger partial charge in [-0.2, -0.15) is 0 Å². The van der Waals surface area contributed by atoms with Crippen molar-refractivity contribution in [1.82, 2.24) is 5.32 Å². The summed E-state index contributed by atoms with van der Waals surface area (Å²) >= 11 is 11.1. The fourth-order valence-electron chi connectivity index (χ4n) is 2.06. The molecule has 2 aromatic rings. The molecular weight excluding hydrogens is 376 g/mol. The lowest BCUT2D eigenvalue weighted by Crippen LogP contribution is -2.34. The van der Waals surface area contributed by atoms with Crippen LogP contribution < -0.4 is 20.5 Å². The standard InChI is InChI=1S/C18H17ClN2O4S/c1-10(2)25-13-5-3-4-11(8-13)16(22)21-18(26)20-15-9-12(17(23)24)6-7-14(15)19/h3-10H,1-2H3,(H,23,24)(H2,20,21,22,26)/p-1. The van der Waals surface area contributed by atoms with Crippen LogP contribution in [0.3, 0.4) is 0 Å². The summed E-state index contributed by atoms with van der Waals surface area (Å²) in [4.78, 5) is 23.2. The van der Waals surface area contributed by atoms with E-state index in [2.05, 4.69) is 10.6 Å². The molecule has 0 aromatic heterocycles. The second kappa shape index (κ2) is 8.64. The van der Waals surface area contributed by atoms with E-state index >= 15 is 0 Å². The Bertz CT molecular complexity index is 855. The van der Waals surface area contributed by atoms with E-state index in [9.17, 15) is 14.7 Å². The largest absolute Gasteiger partial charge is 0.545 e. The summed E-state index contributed by atoms with van der Waals surface area (Å²) in [5, 5.41) is 16.4. The van der Waals surface area contributed by atoms with Gasteiger partial charge in [0.15, 0.2) is 5.11 Å². The zero-order valence-corrected chi connectivity index (χ0v) is 15.6. The number of aromatic carboxylic acids is 1. The Morgan fingerprint density at radius 2 is 1.88 bits per heavy atom. The number of hydrogen-bond acceptors (Lipinski definition) is 5. The quantitative estimate of drug-likeness (QED) is 0.761. The molecule has 2 rings (SSSR count). The van der Waals surface area contributed by atoms with Gasteiger partial charge in [-0.15, -0.1) is 0 Å². The Labute approximate surface area is 161 Å². The van der Waals surface area contributed by atoms with Crippen molar-refractivity contribution in [2.75, 3.05) is 5.32 Å². The van der Waals surface area contributed by atoms with E-state index < -0.39 is 11.9 Å². The molecule has 2 N–H and O–H groups in total. The van der Waals surface area contributed by atoms with Gasteiger partial charge >= 0.3 is 0 Å². The molecule has 2 aromatic carbocycles. The van der Waals surface area contributed by atoms with Crippen LogP contribution in [0.15, 0.2) is 42.5 Å². The van der Waals surface area contributed by atoms with Crippen molar-refractivity contribution in [3.05, 3.63) is 58.6 Å². The Morgan fingerprint density at radius 3 is 2.54 bits per heavy atom. The molecule has 0 bridgehead atoms. The predicted molar refractivity (Wildman–Crippen MR) is 102 cm³/mol. The van der Waals surface area contributed by atoms with Gasteiger partial charge in [0.25, 0.3) is 5.91 Å². The van der Waals surface area contributed by atoms with Crippen LogP contribution in [0.25, 0.3) is 0 Å². The zero-order valence-electron chi connectivity index (χ0n) is 14.0. The van der Waals surface area contributed by atoms with Crippen LogP contribution in [0.1, 0.15) is 34.6 Å². The third kappa shape index (κ3) is 5.44. The van der Waals surface area contributed by atoms with Crippen LogP contribution in [0.4, 0.5) is 5.69 Å². The minimum absolute atomic E-state index is 0.0193. The van der Waals surface area contributed by atoms with Crippen LogP contribution >= 0.6 is 23.8 Å². The topological polar surface area (TPSA) is 90.5 Å². The SMILES string of the molecule is CC(C)Oc1cccc(C(=O)NC(=S)Nc2cc(C(=O)[O-])ccc2Cl)c1. The molecule has 136 valence electrons. The van der Waals surface area contributed by atoms with Gasteiger partial charge in [0.1, 0.15) is 5.75 Å². The highest BCUT2D eigenvalue weighted by molar-refractivity contribution is 7.80. The van der Waals surface area contributed by atoms with Crippen LogP contribution in [0, 0.1) is 0 Å². The van der Waals surface area contributed by atoms with E-state index in [4.69, 9.17) is 28.6 Å². The number of hydrogen-bond donors (Lipinski definition) is 2. The van der Waals surface area contributed by atoms with Crippen molar-refractivity contribution in [2.24, 2.45) is 0 Å². The molecule has 0 spiro atoms. The lowest BCUT2D eigenvalue weighted by atomic mass is 10.2. The number of amides is 1. The van der Waals surface area contributed by atoms with Gasteiger partial charge in [0.05, 0.1) is 22.8 Å². The van der Waals surface area contributed by atoms with Crippen LogP contribution in [-0.2, 0) is 0 Å². The first kappa shape index (κ1) is 19.7. The minimum Gasteiger partial charge on any atom is -0.545 e. The highest BCUT2D eigenvalue weighted by Gasteiger charge is 2.11. The fourth-order valence-corrected chi connectivity index (χ4v) is 2.43. The highest BCUT2D eigenvalue weighted by atomic mass is 35.5. The van der Waals surface area contributed by atoms with E-state index in [1.54, 1.807) is 24.3 Å². The molecule has 0 saturated heterocycles. The van der Waals surface area contributed by atoms with Crippen molar-refractivity contribution in [3.8, 4) is 5.75 Å². The van der Waals surface area contributed by atoms with Gasteiger partial charge in [-0.05, 0) is 62.0 Å². The van der Waals surface area contributed by atoms with Crippen molar-refractivity contribution in [3.63, 3.8) is 0 Å². The number of benzene rings is 2. The van der Waals surface area contributed by atoms with E-state index in [0.29, 0.717) is 11.3 Å². The number of thiocarbonyl (C=S) groups is 1. The minimum atomic E-state index is -1.35. The summed E-state index contributed by atoms with van der Waals surface area (Å²) in [7, 11) is 0.